The highest BCUT2D eigenvalue weighted by Gasteiger charge is 2.07. The number of nitrogens with zero attached hydrogens (tertiary/aromatic N) is 5. The van der Waals surface area contributed by atoms with E-state index < -0.39 is 0 Å². The minimum Gasteiger partial charge on any atom is -0.397 e. The second-order valence-electron chi connectivity index (χ2n) is 6.62. The molecule has 0 aliphatic rings. The van der Waals surface area contributed by atoms with Crippen LogP contribution in [0.2, 0.25) is 0 Å². The van der Waals surface area contributed by atoms with E-state index in [2.05, 4.69) is 44.3 Å². The number of nitrogens with one attached hydrogen (secondary N) is 1. The summed E-state index contributed by atoms with van der Waals surface area (Å²) in [6.45, 7) is 4.24. The first-order valence-electron chi connectivity index (χ1n) is 8.66. The number of pyridine rings is 3. The quantitative estimate of drug-likeness (QED) is 0.570. The summed E-state index contributed by atoms with van der Waals surface area (Å²) in [6.07, 6.45) is 6.95. The highest BCUT2D eigenvalue weighted by atomic mass is 15.2. The van der Waals surface area contributed by atoms with Crippen LogP contribution in [-0.4, -0.2) is 25.1 Å². The van der Waals surface area contributed by atoms with Gasteiger partial charge in [0.25, 0.3) is 0 Å². The van der Waals surface area contributed by atoms with E-state index in [4.69, 9.17) is 5.73 Å². The Balaban J connectivity index is 1.68. The number of rotatable bonds is 4. The molecule has 0 atom stereocenters. The standard InChI is InChI=1S/C20H19N7/c1-12(2)13-7-20(27-24-10-13)26-19-4-3-17-18(25-19)6-15(9-23-17)14-5-16(21)11-22-8-14/h3-12H,21H2,1-2H3,(H,25,26,27). The van der Waals surface area contributed by atoms with Gasteiger partial charge < -0.3 is 11.1 Å². The van der Waals surface area contributed by atoms with Gasteiger partial charge in [0, 0.05) is 29.7 Å². The predicted molar refractivity (Wildman–Crippen MR) is 107 cm³/mol. The third-order valence-electron chi connectivity index (χ3n) is 4.23. The number of hydrogen-bond acceptors (Lipinski definition) is 7. The molecule has 27 heavy (non-hydrogen) atoms. The molecule has 0 aromatic carbocycles. The monoisotopic (exact) mass is 357 g/mol. The number of nitrogens with two attached hydrogens (primary N) is 1. The summed E-state index contributed by atoms with van der Waals surface area (Å²) >= 11 is 0. The summed E-state index contributed by atoms with van der Waals surface area (Å²) < 4.78 is 0. The van der Waals surface area contributed by atoms with Crippen molar-refractivity contribution in [3.05, 3.63) is 60.7 Å². The Kier molecular flexibility index (Phi) is 4.33. The Morgan fingerprint density at radius 2 is 1.74 bits per heavy atom. The average Bonchev–Trinajstić information content (AvgIpc) is 2.67. The van der Waals surface area contributed by atoms with Gasteiger partial charge in [-0.2, -0.15) is 5.10 Å². The van der Waals surface area contributed by atoms with Gasteiger partial charge in [0.05, 0.1) is 22.9 Å². The molecular weight excluding hydrogens is 338 g/mol. The first kappa shape index (κ1) is 16.8. The lowest BCUT2D eigenvalue weighted by Gasteiger charge is -2.09. The van der Waals surface area contributed by atoms with E-state index in [0.717, 1.165) is 27.7 Å². The molecule has 0 aliphatic carbocycles. The van der Waals surface area contributed by atoms with Gasteiger partial charge >= 0.3 is 0 Å². The van der Waals surface area contributed by atoms with Crippen LogP contribution in [0.25, 0.3) is 22.2 Å². The van der Waals surface area contributed by atoms with Crippen LogP contribution in [0.5, 0.6) is 0 Å². The Morgan fingerprint density at radius 3 is 2.56 bits per heavy atom. The van der Waals surface area contributed by atoms with Gasteiger partial charge in [0.1, 0.15) is 5.82 Å². The van der Waals surface area contributed by atoms with Crippen LogP contribution in [-0.2, 0) is 0 Å². The van der Waals surface area contributed by atoms with Crippen LogP contribution in [0.1, 0.15) is 25.3 Å². The van der Waals surface area contributed by atoms with E-state index in [1.807, 2.05) is 30.3 Å². The lowest BCUT2D eigenvalue weighted by Crippen LogP contribution is -2.00. The number of hydrogen-bond donors (Lipinski definition) is 2. The van der Waals surface area contributed by atoms with Crippen molar-refractivity contribution in [1.29, 1.82) is 0 Å². The van der Waals surface area contributed by atoms with Gasteiger partial charge in [-0.15, -0.1) is 5.10 Å². The Bertz CT molecular complexity index is 1110. The van der Waals surface area contributed by atoms with Crippen molar-refractivity contribution < 1.29 is 0 Å². The Morgan fingerprint density at radius 1 is 0.889 bits per heavy atom. The van der Waals surface area contributed by atoms with E-state index in [-0.39, 0.29) is 0 Å². The maximum absolute atomic E-state index is 5.83. The molecule has 0 amide bonds. The molecule has 0 aliphatic heterocycles. The number of anilines is 3. The molecule has 0 saturated carbocycles. The van der Waals surface area contributed by atoms with Gasteiger partial charge in [-0.25, -0.2) is 4.98 Å². The lowest BCUT2D eigenvalue weighted by atomic mass is 10.1. The highest BCUT2D eigenvalue weighted by molar-refractivity contribution is 5.82. The molecule has 0 fully saturated rings. The maximum Gasteiger partial charge on any atom is 0.154 e. The number of fused-ring (bicyclic) bond motifs is 1. The first-order valence-corrected chi connectivity index (χ1v) is 8.66. The molecule has 0 saturated heterocycles. The van der Waals surface area contributed by atoms with E-state index in [1.165, 1.54) is 0 Å². The van der Waals surface area contributed by atoms with Crippen molar-refractivity contribution in [2.24, 2.45) is 0 Å². The van der Waals surface area contributed by atoms with Gasteiger partial charge in [-0.1, -0.05) is 13.8 Å². The highest BCUT2D eigenvalue weighted by Crippen LogP contribution is 2.24. The molecule has 134 valence electrons. The van der Waals surface area contributed by atoms with Crippen LogP contribution in [0.15, 0.2) is 55.1 Å². The van der Waals surface area contributed by atoms with E-state index in [9.17, 15) is 0 Å². The van der Waals surface area contributed by atoms with Crippen molar-refractivity contribution in [2.75, 3.05) is 11.1 Å². The summed E-state index contributed by atoms with van der Waals surface area (Å²) in [4.78, 5) is 13.3. The fourth-order valence-electron chi connectivity index (χ4n) is 2.74. The van der Waals surface area contributed by atoms with Crippen molar-refractivity contribution in [1.82, 2.24) is 25.1 Å². The fraction of sp³-hybridized carbons (Fsp3) is 0.150. The summed E-state index contributed by atoms with van der Waals surface area (Å²) in [6, 6.07) is 9.62. The smallest absolute Gasteiger partial charge is 0.154 e. The maximum atomic E-state index is 5.83. The molecule has 4 aromatic rings. The normalized spacial score (nSPS) is 11.1. The summed E-state index contributed by atoms with van der Waals surface area (Å²) in [5.41, 5.74) is 11.0. The third-order valence-corrected chi connectivity index (χ3v) is 4.23. The van der Waals surface area contributed by atoms with Gasteiger partial charge in [0.2, 0.25) is 0 Å². The SMILES string of the molecule is CC(C)c1cnnc(Nc2ccc3ncc(-c4cncc(N)c4)cc3n2)c1. The van der Waals surface area contributed by atoms with Crippen molar-refractivity contribution >= 4 is 28.4 Å². The molecule has 0 bridgehead atoms. The van der Waals surface area contributed by atoms with E-state index in [1.54, 1.807) is 24.8 Å². The number of aromatic nitrogens is 5. The van der Waals surface area contributed by atoms with Gasteiger partial charge in [0.15, 0.2) is 5.82 Å². The summed E-state index contributed by atoms with van der Waals surface area (Å²) in [7, 11) is 0. The zero-order valence-corrected chi connectivity index (χ0v) is 15.1. The molecule has 0 radical (unpaired) electrons. The Hall–Kier alpha value is -3.61. The second-order valence-corrected chi connectivity index (χ2v) is 6.62. The van der Waals surface area contributed by atoms with Crippen LogP contribution < -0.4 is 11.1 Å². The molecule has 4 rings (SSSR count). The minimum absolute atomic E-state index is 0.379. The molecule has 4 aromatic heterocycles. The van der Waals surface area contributed by atoms with E-state index >= 15 is 0 Å². The number of nitrogen functional groups attached to an aromatic ring is 1. The first-order chi connectivity index (χ1) is 13.1. The molecule has 4 heterocycles. The van der Waals surface area contributed by atoms with Crippen LogP contribution in [0, 0.1) is 0 Å². The molecular formula is C20H19N7. The topological polar surface area (TPSA) is 102 Å². The van der Waals surface area contributed by atoms with Gasteiger partial charge in [-0.3, -0.25) is 9.97 Å². The lowest BCUT2D eigenvalue weighted by molar-refractivity contribution is 0.843. The average molecular weight is 357 g/mol. The molecule has 7 heteroatoms. The zero-order chi connectivity index (χ0) is 18.8. The van der Waals surface area contributed by atoms with Gasteiger partial charge in [-0.05, 0) is 41.8 Å². The van der Waals surface area contributed by atoms with Crippen molar-refractivity contribution in [2.45, 2.75) is 19.8 Å². The van der Waals surface area contributed by atoms with Crippen LogP contribution >= 0.6 is 0 Å². The summed E-state index contributed by atoms with van der Waals surface area (Å²) in [5, 5.41) is 11.4. The molecule has 0 unspecified atom stereocenters. The minimum atomic E-state index is 0.379. The fourth-order valence-corrected chi connectivity index (χ4v) is 2.74. The largest absolute Gasteiger partial charge is 0.397 e. The van der Waals surface area contributed by atoms with E-state index in [0.29, 0.717) is 23.2 Å². The summed E-state index contributed by atoms with van der Waals surface area (Å²) in [5.74, 6) is 1.73. The molecule has 3 N–H and O–H groups in total. The molecule has 0 spiro atoms. The second kappa shape index (κ2) is 6.95. The van der Waals surface area contributed by atoms with Crippen molar-refractivity contribution in [3.8, 4) is 11.1 Å². The Labute approximate surface area is 156 Å². The third kappa shape index (κ3) is 3.67. The predicted octanol–water partition coefficient (Wildman–Crippen LogP) is 3.93. The van der Waals surface area contributed by atoms with Crippen LogP contribution in [0.4, 0.5) is 17.3 Å². The zero-order valence-electron chi connectivity index (χ0n) is 15.1. The van der Waals surface area contributed by atoms with Crippen molar-refractivity contribution in [3.63, 3.8) is 0 Å². The van der Waals surface area contributed by atoms with Crippen LogP contribution in [0.3, 0.4) is 0 Å². The molecule has 7 nitrogen and oxygen atoms in total.